The molecule has 0 fully saturated rings. The normalized spacial score (nSPS) is 10.4. The number of hydrogen-bond donors (Lipinski definition) is 2. The average Bonchev–Trinajstić information content (AvgIpc) is 3.34. The van der Waals surface area contributed by atoms with Crippen LogP contribution in [0.25, 0.3) is 10.6 Å². The Balaban J connectivity index is 1.52. The predicted molar refractivity (Wildman–Crippen MR) is 110 cm³/mol. The Morgan fingerprint density at radius 1 is 1.11 bits per heavy atom. The summed E-state index contributed by atoms with van der Waals surface area (Å²) in [6.07, 6.45) is 0. The Hall–Kier alpha value is -2.91. The van der Waals surface area contributed by atoms with Gasteiger partial charge in [-0.15, -0.1) is 22.7 Å². The number of carbonyl (C=O) groups excluding carboxylic acids is 2. The van der Waals surface area contributed by atoms with Crippen molar-refractivity contribution in [3.8, 4) is 22.1 Å². The zero-order valence-corrected chi connectivity index (χ0v) is 17.0. The van der Waals surface area contributed by atoms with Crippen molar-refractivity contribution in [1.82, 2.24) is 10.3 Å². The molecule has 3 aromatic rings. The molecule has 1 aromatic carbocycles. The molecule has 0 atom stereocenters. The highest BCUT2D eigenvalue weighted by Crippen LogP contribution is 2.30. The first kappa shape index (κ1) is 19.8. The molecule has 0 unspecified atom stereocenters. The first-order valence-corrected chi connectivity index (χ1v) is 10.1. The number of thiophene rings is 1. The first-order chi connectivity index (χ1) is 13.5. The molecular formula is C19H19N3O4S2. The van der Waals surface area contributed by atoms with Crippen LogP contribution in [0.5, 0.6) is 11.5 Å². The molecule has 0 aliphatic heterocycles. The Morgan fingerprint density at radius 3 is 2.57 bits per heavy atom. The van der Waals surface area contributed by atoms with Gasteiger partial charge in [-0.2, -0.15) is 0 Å². The number of anilines is 1. The highest BCUT2D eigenvalue weighted by Gasteiger charge is 2.11. The number of rotatable bonds is 8. The van der Waals surface area contributed by atoms with Crippen molar-refractivity contribution in [1.29, 1.82) is 0 Å². The lowest BCUT2D eigenvalue weighted by Gasteiger charge is -2.06. The number of hydrogen-bond acceptors (Lipinski definition) is 7. The quantitative estimate of drug-likeness (QED) is 0.585. The molecule has 2 aromatic heterocycles. The lowest BCUT2D eigenvalue weighted by Crippen LogP contribution is -2.20. The summed E-state index contributed by atoms with van der Waals surface area (Å²) in [5.41, 5.74) is 0.787. The SMILES string of the molecule is COc1ccc(OCC(=O)Nc2nc(-c3ccc(CNC(C)=O)s3)cs2)cc1. The van der Waals surface area contributed by atoms with E-state index >= 15 is 0 Å². The van der Waals surface area contributed by atoms with E-state index < -0.39 is 0 Å². The second kappa shape index (κ2) is 9.34. The van der Waals surface area contributed by atoms with Gasteiger partial charge in [0.05, 0.1) is 24.2 Å². The van der Waals surface area contributed by atoms with Crippen molar-refractivity contribution in [2.24, 2.45) is 0 Å². The van der Waals surface area contributed by atoms with E-state index in [0.29, 0.717) is 17.4 Å². The van der Waals surface area contributed by atoms with Crippen molar-refractivity contribution < 1.29 is 19.1 Å². The van der Waals surface area contributed by atoms with Gasteiger partial charge in [0, 0.05) is 17.2 Å². The third-order valence-electron chi connectivity index (χ3n) is 3.61. The number of thiazole rings is 1. The lowest BCUT2D eigenvalue weighted by molar-refractivity contribution is -0.119. The van der Waals surface area contributed by atoms with Gasteiger partial charge in [0.2, 0.25) is 5.91 Å². The van der Waals surface area contributed by atoms with E-state index in [-0.39, 0.29) is 18.4 Å². The Bertz CT molecular complexity index is 950. The monoisotopic (exact) mass is 417 g/mol. The van der Waals surface area contributed by atoms with E-state index in [1.54, 1.807) is 42.7 Å². The molecule has 0 aliphatic carbocycles. The second-order valence-corrected chi connectivity index (χ2v) is 7.75. The van der Waals surface area contributed by atoms with Crippen LogP contribution in [0.2, 0.25) is 0 Å². The van der Waals surface area contributed by atoms with E-state index in [2.05, 4.69) is 15.6 Å². The largest absolute Gasteiger partial charge is 0.497 e. The minimum absolute atomic E-state index is 0.0644. The number of carbonyl (C=O) groups is 2. The van der Waals surface area contributed by atoms with Crippen molar-refractivity contribution in [3.63, 3.8) is 0 Å². The third-order valence-corrected chi connectivity index (χ3v) is 5.47. The number of ether oxygens (including phenoxy) is 2. The zero-order valence-electron chi connectivity index (χ0n) is 15.4. The zero-order chi connectivity index (χ0) is 19.9. The maximum atomic E-state index is 12.1. The van der Waals surface area contributed by atoms with E-state index in [0.717, 1.165) is 21.2 Å². The van der Waals surface area contributed by atoms with Crippen LogP contribution in [0.1, 0.15) is 11.8 Å². The number of nitrogens with one attached hydrogen (secondary N) is 2. The fourth-order valence-corrected chi connectivity index (χ4v) is 3.95. The van der Waals surface area contributed by atoms with Crippen LogP contribution >= 0.6 is 22.7 Å². The molecule has 0 aliphatic rings. The molecule has 2 amide bonds. The van der Waals surface area contributed by atoms with Crippen LogP contribution < -0.4 is 20.1 Å². The number of aromatic nitrogens is 1. The molecular weight excluding hydrogens is 398 g/mol. The fraction of sp³-hybridized carbons (Fsp3) is 0.211. The van der Waals surface area contributed by atoms with Gasteiger partial charge in [-0.3, -0.25) is 14.9 Å². The summed E-state index contributed by atoms with van der Waals surface area (Å²) >= 11 is 2.90. The van der Waals surface area contributed by atoms with Crippen molar-refractivity contribution in [2.75, 3.05) is 19.0 Å². The Morgan fingerprint density at radius 2 is 1.86 bits per heavy atom. The highest BCUT2D eigenvalue weighted by molar-refractivity contribution is 7.17. The molecule has 146 valence electrons. The minimum Gasteiger partial charge on any atom is -0.497 e. The summed E-state index contributed by atoms with van der Waals surface area (Å²) in [5, 5.41) is 7.90. The van der Waals surface area contributed by atoms with Gasteiger partial charge in [0.1, 0.15) is 11.5 Å². The van der Waals surface area contributed by atoms with Crippen LogP contribution in [0.4, 0.5) is 5.13 Å². The molecule has 9 heteroatoms. The van der Waals surface area contributed by atoms with Gasteiger partial charge in [-0.25, -0.2) is 4.98 Å². The summed E-state index contributed by atoms with van der Waals surface area (Å²) in [7, 11) is 1.59. The molecule has 0 bridgehead atoms. The van der Waals surface area contributed by atoms with E-state index in [1.165, 1.54) is 18.3 Å². The smallest absolute Gasteiger partial charge is 0.264 e. The number of benzene rings is 1. The van der Waals surface area contributed by atoms with Gasteiger partial charge in [-0.05, 0) is 36.4 Å². The predicted octanol–water partition coefficient (Wildman–Crippen LogP) is 3.53. The number of methoxy groups -OCH3 is 1. The standard InChI is InChI=1S/C19H19N3O4S2/c1-12(23)20-9-15-7-8-17(28-15)16-11-27-19(21-16)22-18(24)10-26-14-5-3-13(25-2)4-6-14/h3-8,11H,9-10H2,1-2H3,(H,20,23)(H,21,22,24). The van der Waals surface area contributed by atoms with E-state index in [9.17, 15) is 9.59 Å². The second-order valence-electron chi connectivity index (χ2n) is 5.73. The third kappa shape index (κ3) is 5.54. The molecule has 0 radical (unpaired) electrons. The maximum Gasteiger partial charge on any atom is 0.264 e. The maximum absolute atomic E-state index is 12.1. The van der Waals surface area contributed by atoms with Crippen LogP contribution in [0.15, 0.2) is 41.8 Å². The number of nitrogens with zero attached hydrogens (tertiary/aromatic N) is 1. The van der Waals surface area contributed by atoms with Gasteiger partial charge in [0.15, 0.2) is 11.7 Å². The van der Waals surface area contributed by atoms with Crippen molar-refractivity contribution in [3.05, 3.63) is 46.7 Å². The van der Waals surface area contributed by atoms with Crippen molar-refractivity contribution in [2.45, 2.75) is 13.5 Å². The molecule has 2 N–H and O–H groups in total. The lowest BCUT2D eigenvalue weighted by atomic mass is 10.3. The van der Waals surface area contributed by atoms with E-state index in [4.69, 9.17) is 9.47 Å². The first-order valence-electron chi connectivity index (χ1n) is 8.39. The molecule has 0 saturated heterocycles. The highest BCUT2D eigenvalue weighted by atomic mass is 32.1. The van der Waals surface area contributed by atoms with Gasteiger partial charge in [-0.1, -0.05) is 0 Å². The Labute approximate surface area is 170 Å². The van der Waals surface area contributed by atoms with Crippen LogP contribution in [-0.4, -0.2) is 30.5 Å². The molecule has 0 saturated carbocycles. The minimum atomic E-state index is -0.283. The summed E-state index contributed by atoms with van der Waals surface area (Å²) in [4.78, 5) is 29.5. The van der Waals surface area contributed by atoms with Gasteiger partial charge >= 0.3 is 0 Å². The fourth-order valence-electron chi connectivity index (χ4n) is 2.24. The molecule has 0 spiro atoms. The molecule has 28 heavy (non-hydrogen) atoms. The van der Waals surface area contributed by atoms with Gasteiger partial charge < -0.3 is 14.8 Å². The summed E-state index contributed by atoms with van der Waals surface area (Å²) in [5.74, 6) is 0.960. The average molecular weight is 418 g/mol. The molecule has 2 heterocycles. The van der Waals surface area contributed by atoms with E-state index in [1.807, 2.05) is 17.5 Å². The molecule has 3 rings (SSSR count). The summed E-state index contributed by atoms with van der Waals surface area (Å²) in [6.45, 7) is 1.87. The van der Waals surface area contributed by atoms with Crippen LogP contribution in [0.3, 0.4) is 0 Å². The topological polar surface area (TPSA) is 89.6 Å². The Kier molecular flexibility index (Phi) is 6.62. The summed E-state index contributed by atoms with van der Waals surface area (Å²) < 4.78 is 10.5. The van der Waals surface area contributed by atoms with Gasteiger partial charge in [0.25, 0.3) is 5.91 Å². The van der Waals surface area contributed by atoms with Crippen LogP contribution in [-0.2, 0) is 16.1 Å². The summed E-state index contributed by atoms with van der Waals surface area (Å²) in [6, 6.07) is 10.9. The van der Waals surface area contributed by atoms with Crippen molar-refractivity contribution >= 4 is 39.6 Å². The van der Waals surface area contributed by atoms with Crippen LogP contribution in [0, 0.1) is 0 Å². The number of amides is 2. The molecule has 7 nitrogen and oxygen atoms in total.